The highest BCUT2D eigenvalue weighted by molar-refractivity contribution is 5.62. The Kier molecular flexibility index (Phi) is 4.08. The predicted octanol–water partition coefficient (Wildman–Crippen LogP) is 4.51. The molecule has 0 aromatic heterocycles. The Morgan fingerprint density at radius 3 is 2.88 bits per heavy atom. The lowest BCUT2D eigenvalue weighted by Gasteiger charge is -2.48. The molecule has 0 bridgehead atoms. The Morgan fingerprint density at radius 2 is 2.04 bits per heavy atom. The average Bonchev–Trinajstić information content (AvgIpc) is 2.62. The molecule has 25 heavy (non-hydrogen) atoms. The SMILES string of the molecule is CCOCOc1ccc2c(c1)C(C)(C)[C@H]1COc3ccccc3[C@H]1N2. The molecule has 0 amide bonds. The molecule has 0 saturated heterocycles. The molecule has 0 spiro atoms. The van der Waals surface area contributed by atoms with Gasteiger partial charge in [0.25, 0.3) is 0 Å². The van der Waals surface area contributed by atoms with E-state index < -0.39 is 0 Å². The van der Waals surface area contributed by atoms with Gasteiger partial charge in [0.1, 0.15) is 11.5 Å². The number of fused-ring (bicyclic) bond motifs is 4. The molecule has 4 heteroatoms. The van der Waals surface area contributed by atoms with Crippen molar-refractivity contribution in [1.29, 1.82) is 0 Å². The van der Waals surface area contributed by atoms with E-state index in [0.29, 0.717) is 19.1 Å². The van der Waals surface area contributed by atoms with Crippen LogP contribution in [0.15, 0.2) is 42.5 Å². The Morgan fingerprint density at radius 1 is 1.20 bits per heavy atom. The van der Waals surface area contributed by atoms with E-state index in [2.05, 4.69) is 49.5 Å². The van der Waals surface area contributed by atoms with Crippen LogP contribution in [0.1, 0.15) is 37.9 Å². The Hall–Kier alpha value is -2.20. The highest BCUT2D eigenvalue weighted by atomic mass is 16.7. The number of nitrogens with one attached hydrogen (secondary N) is 1. The number of benzene rings is 2. The number of rotatable bonds is 4. The first kappa shape index (κ1) is 16.3. The second-order valence-corrected chi connectivity index (χ2v) is 7.26. The molecule has 0 radical (unpaired) electrons. The third-order valence-electron chi connectivity index (χ3n) is 5.51. The van der Waals surface area contributed by atoms with Crippen LogP contribution in [0.25, 0.3) is 0 Å². The topological polar surface area (TPSA) is 39.7 Å². The third-order valence-corrected chi connectivity index (χ3v) is 5.51. The van der Waals surface area contributed by atoms with Gasteiger partial charge < -0.3 is 19.5 Å². The first-order valence-corrected chi connectivity index (χ1v) is 8.94. The Balaban J connectivity index is 1.69. The van der Waals surface area contributed by atoms with Gasteiger partial charge in [0, 0.05) is 29.2 Å². The third kappa shape index (κ3) is 2.74. The van der Waals surface area contributed by atoms with Gasteiger partial charge in [-0.25, -0.2) is 0 Å². The van der Waals surface area contributed by atoms with Crippen molar-refractivity contribution in [3.05, 3.63) is 53.6 Å². The first-order valence-electron chi connectivity index (χ1n) is 8.94. The van der Waals surface area contributed by atoms with E-state index in [4.69, 9.17) is 14.2 Å². The molecule has 2 aromatic carbocycles. The minimum Gasteiger partial charge on any atom is -0.493 e. The lowest BCUT2D eigenvalue weighted by atomic mass is 9.65. The lowest BCUT2D eigenvalue weighted by Crippen LogP contribution is -2.46. The van der Waals surface area contributed by atoms with Crippen LogP contribution in [0.3, 0.4) is 0 Å². The van der Waals surface area contributed by atoms with Gasteiger partial charge in [-0.2, -0.15) is 0 Å². The van der Waals surface area contributed by atoms with Gasteiger partial charge in [0.05, 0.1) is 12.6 Å². The summed E-state index contributed by atoms with van der Waals surface area (Å²) < 4.78 is 17.1. The molecule has 2 aromatic rings. The van der Waals surface area contributed by atoms with E-state index in [0.717, 1.165) is 11.5 Å². The number of anilines is 1. The van der Waals surface area contributed by atoms with Crippen LogP contribution >= 0.6 is 0 Å². The maximum absolute atomic E-state index is 6.06. The van der Waals surface area contributed by atoms with Crippen molar-refractivity contribution in [1.82, 2.24) is 0 Å². The van der Waals surface area contributed by atoms with Crippen LogP contribution in [0.5, 0.6) is 11.5 Å². The number of hydrogen-bond donors (Lipinski definition) is 1. The fourth-order valence-electron chi connectivity index (χ4n) is 4.00. The molecule has 2 heterocycles. The van der Waals surface area contributed by atoms with Crippen molar-refractivity contribution in [2.24, 2.45) is 5.92 Å². The lowest BCUT2D eigenvalue weighted by molar-refractivity contribution is 0.0222. The fourth-order valence-corrected chi connectivity index (χ4v) is 4.00. The van der Waals surface area contributed by atoms with E-state index >= 15 is 0 Å². The second kappa shape index (κ2) is 6.26. The van der Waals surface area contributed by atoms with Gasteiger partial charge in [-0.05, 0) is 36.8 Å². The summed E-state index contributed by atoms with van der Waals surface area (Å²) >= 11 is 0. The summed E-state index contributed by atoms with van der Waals surface area (Å²) in [5.74, 6) is 2.20. The van der Waals surface area contributed by atoms with E-state index in [1.54, 1.807) is 0 Å². The summed E-state index contributed by atoms with van der Waals surface area (Å²) in [5, 5.41) is 3.74. The molecule has 2 atom stereocenters. The maximum atomic E-state index is 6.06. The van der Waals surface area contributed by atoms with Gasteiger partial charge in [0.15, 0.2) is 6.79 Å². The quantitative estimate of drug-likeness (QED) is 0.657. The molecule has 1 N–H and O–H groups in total. The summed E-state index contributed by atoms with van der Waals surface area (Å²) in [6, 6.07) is 14.9. The number of para-hydroxylation sites is 1. The summed E-state index contributed by atoms with van der Waals surface area (Å²) in [4.78, 5) is 0. The van der Waals surface area contributed by atoms with Gasteiger partial charge in [-0.15, -0.1) is 0 Å². The Bertz CT molecular complexity index is 771. The minimum atomic E-state index is -0.0240. The van der Waals surface area contributed by atoms with Crippen molar-refractivity contribution < 1.29 is 14.2 Å². The molecule has 132 valence electrons. The van der Waals surface area contributed by atoms with Crippen molar-refractivity contribution in [3.63, 3.8) is 0 Å². The highest BCUT2D eigenvalue weighted by Crippen LogP contribution is 2.52. The largest absolute Gasteiger partial charge is 0.493 e. The van der Waals surface area contributed by atoms with E-state index in [1.165, 1.54) is 16.8 Å². The molecule has 0 saturated carbocycles. The van der Waals surface area contributed by atoms with E-state index in [-0.39, 0.29) is 18.2 Å². The van der Waals surface area contributed by atoms with Crippen molar-refractivity contribution in [2.75, 3.05) is 25.3 Å². The van der Waals surface area contributed by atoms with Crippen LogP contribution < -0.4 is 14.8 Å². The molecule has 2 aliphatic heterocycles. The molecular weight excluding hydrogens is 314 g/mol. The summed E-state index contributed by atoms with van der Waals surface area (Å²) in [5.41, 5.74) is 3.66. The monoisotopic (exact) mass is 339 g/mol. The van der Waals surface area contributed by atoms with Gasteiger partial charge in [0.2, 0.25) is 0 Å². The smallest absolute Gasteiger partial charge is 0.189 e. The zero-order valence-electron chi connectivity index (χ0n) is 15.0. The van der Waals surface area contributed by atoms with Crippen LogP contribution in [-0.4, -0.2) is 20.0 Å². The predicted molar refractivity (Wildman–Crippen MR) is 98.4 cm³/mol. The van der Waals surface area contributed by atoms with E-state index in [9.17, 15) is 0 Å². The Labute approximate surface area is 149 Å². The minimum absolute atomic E-state index is 0.0240. The highest BCUT2D eigenvalue weighted by Gasteiger charge is 2.46. The first-order chi connectivity index (χ1) is 12.1. The molecule has 4 rings (SSSR count). The average molecular weight is 339 g/mol. The maximum Gasteiger partial charge on any atom is 0.189 e. The molecule has 0 aliphatic carbocycles. The molecule has 0 unspecified atom stereocenters. The standard InChI is InChI=1S/C21H25NO3/c1-4-23-13-25-14-9-10-18-16(11-14)21(2,3)17-12-24-19-8-6-5-7-15(19)20(17)22-18/h5-11,17,20,22H,4,12-13H2,1-3H3/t17-,20+/m0/s1. The second-order valence-electron chi connectivity index (χ2n) is 7.26. The molecule has 2 aliphatic rings. The summed E-state index contributed by atoms with van der Waals surface area (Å²) in [6.45, 7) is 8.21. The zero-order valence-corrected chi connectivity index (χ0v) is 15.0. The van der Waals surface area contributed by atoms with Crippen molar-refractivity contribution in [3.8, 4) is 11.5 Å². The summed E-state index contributed by atoms with van der Waals surface area (Å²) in [7, 11) is 0. The molecule has 0 fully saturated rings. The van der Waals surface area contributed by atoms with E-state index in [1.807, 2.05) is 19.1 Å². The number of hydrogen-bond acceptors (Lipinski definition) is 4. The van der Waals surface area contributed by atoms with Gasteiger partial charge >= 0.3 is 0 Å². The van der Waals surface area contributed by atoms with Crippen LogP contribution in [0.4, 0.5) is 5.69 Å². The van der Waals surface area contributed by atoms with Crippen LogP contribution in [0.2, 0.25) is 0 Å². The fraction of sp³-hybridized carbons (Fsp3) is 0.429. The zero-order chi connectivity index (χ0) is 17.4. The van der Waals surface area contributed by atoms with Crippen molar-refractivity contribution in [2.45, 2.75) is 32.2 Å². The normalized spacial score (nSPS) is 22.7. The molecular formula is C21H25NO3. The van der Waals surface area contributed by atoms with Gasteiger partial charge in [-0.1, -0.05) is 32.0 Å². The van der Waals surface area contributed by atoms with Gasteiger partial charge in [-0.3, -0.25) is 0 Å². The summed E-state index contributed by atoms with van der Waals surface area (Å²) in [6.07, 6.45) is 0. The van der Waals surface area contributed by atoms with Crippen molar-refractivity contribution >= 4 is 5.69 Å². The van der Waals surface area contributed by atoms with Crippen LogP contribution in [-0.2, 0) is 10.2 Å². The molecule has 4 nitrogen and oxygen atoms in total. The van der Waals surface area contributed by atoms with Crippen LogP contribution in [0, 0.1) is 5.92 Å². The number of ether oxygens (including phenoxy) is 3.